The van der Waals surface area contributed by atoms with Crippen LogP contribution in [0.5, 0.6) is 0 Å². The molecule has 0 aromatic heterocycles. The molecule has 0 unspecified atom stereocenters. The highest BCUT2D eigenvalue weighted by molar-refractivity contribution is 6.23. The van der Waals surface area contributed by atoms with Crippen LogP contribution in [0.2, 0.25) is 0 Å². The number of nitrogens with one attached hydrogen (secondary N) is 1. The Hall–Kier alpha value is -4.57. The average Bonchev–Trinajstić information content (AvgIpc) is 3.19. The number of carboxylic acids is 1. The quantitative estimate of drug-likeness (QED) is 0.283. The number of nitrogens with zero attached hydrogens (tertiary/aromatic N) is 2. The summed E-state index contributed by atoms with van der Waals surface area (Å²) in [6.07, 6.45) is 0.353. The predicted octanol–water partition coefficient (Wildman–Crippen LogP) is 2.84. The number of benzene rings is 3. The average molecular weight is 573 g/mol. The summed E-state index contributed by atoms with van der Waals surface area (Å²) in [5, 5.41) is 14.4. The first-order valence-corrected chi connectivity index (χ1v) is 14.0. The lowest BCUT2D eigenvalue weighted by Gasteiger charge is -2.30. The third-order valence-electron chi connectivity index (χ3n) is 7.52. The van der Waals surface area contributed by atoms with E-state index < -0.39 is 47.7 Å². The van der Waals surface area contributed by atoms with Crippen molar-refractivity contribution in [2.24, 2.45) is 11.7 Å². The Morgan fingerprint density at radius 3 is 2.00 bits per heavy atom. The van der Waals surface area contributed by atoms with Crippen LogP contribution in [-0.4, -0.2) is 76.2 Å². The maximum atomic E-state index is 13.7. The van der Waals surface area contributed by atoms with E-state index in [4.69, 9.17) is 5.73 Å². The van der Waals surface area contributed by atoms with E-state index in [9.17, 15) is 29.1 Å². The zero-order valence-corrected chi connectivity index (χ0v) is 23.9. The van der Waals surface area contributed by atoms with Crippen molar-refractivity contribution in [3.8, 4) is 0 Å². The lowest BCUT2D eigenvalue weighted by Crippen LogP contribution is -2.56. The molecule has 4 N–H and O–H groups in total. The Kier molecular flexibility index (Phi) is 9.37. The number of imide groups is 1. The number of hydrogen-bond donors (Lipinski definition) is 3. The molecule has 4 rings (SSSR count). The molecule has 220 valence electrons. The summed E-state index contributed by atoms with van der Waals surface area (Å²) >= 11 is 0. The summed E-state index contributed by atoms with van der Waals surface area (Å²) < 4.78 is 0. The number of rotatable bonds is 12. The number of carbonyl (C=O) groups is 5. The fourth-order valence-corrected chi connectivity index (χ4v) is 5.26. The van der Waals surface area contributed by atoms with Crippen molar-refractivity contribution in [3.05, 3.63) is 83.4 Å². The zero-order valence-electron chi connectivity index (χ0n) is 23.9. The molecule has 10 nitrogen and oxygen atoms in total. The molecule has 3 atom stereocenters. The summed E-state index contributed by atoms with van der Waals surface area (Å²) in [6, 6.07) is 16.5. The fourth-order valence-electron chi connectivity index (χ4n) is 5.26. The lowest BCUT2D eigenvalue weighted by molar-refractivity contribution is -0.150. The van der Waals surface area contributed by atoms with Crippen molar-refractivity contribution in [1.29, 1.82) is 0 Å². The molecule has 3 aromatic carbocycles. The van der Waals surface area contributed by atoms with Crippen LogP contribution < -0.4 is 11.1 Å². The van der Waals surface area contributed by atoms with Gasteiger partial charge in [0.2, 0.25) is 11.8 Å². The van der Waals surface area contributed by atoms with E-state index in [0.29, 0.717) is 6.42 Å². The number of hydrogen-bond acceptors (Lipinski definition) is 6. The van der Waals surface area contributed by atoms with Crippen LogP contribution in [0.4, 0.5) is 0 Å². The number of carboxylic acid groups (broad SMARTS) is 1. The van der Waals surface area contributed by atoms with Gasteiger partial charge in [0.15, 0.2) is 0 Å². The predicted molar refractivity (Wildman–Crippen MR) is 158 cm³/mol. The van der Waals surface area contributed by atoms with Crippen LogP contribution in [0.15, 0.2) is 66.7 Å². The molecule has 0 saturated heterocycles. The number of fused-ring (bicyclic) bond motifs is 2. The van der Waals surface area contributed by atoms with Gasteiger partial charge in [0.05, 0.1) is 17.2 Å². The second-order valence-electron chi connectivity index (χ2n) is 11.1. The molecular weight excluding hydrogens is 536 g/mol. The van der Waals surface area contributed by atoms with Gasteiger partial charge in [0.25, 0.3) is 11.8 Å². The Morgan fingerprint density at radius 2 is 1.48 bits per heavy atom. The normalized spacial score (nSPS) is 14.9. The molecule has 42 heavy (non-hydrogen) atoms. The van der Waals surface area contributed by atoms with Gasteiger partial charge in [-0.2, -0.15) is 0 Å². The van der Waals surface area contributed by atoms with Crippen molar-refractivity contribution < 1.29 is 29.1 Å². The number of aliphatic carboxylic acids is 1. The van der Waals surface area contributed by atoms with Gasteiger partial charge in [-0.15, -0.1) is 0 Å². The van der Waals surface area contributed by atoms with E-state index >= 15 is 0 Å². The standard InChI is InChI=1S/C32H36N4O6/c1-19(2)15-25(33)28(37)34-26(16-20-9-5-4-6-10-20)31(40)35(3)27(32(41)42)13-14-36-29(38)23-17-21-11-7-8-12-22(21)18-24(23)30(36)39/h4-12,17-19,25-27H,13-16,33H2,1-3H3,(H,34,37)(H,41,42)/t25-,26-,27+/m0/s1. The van der Waals surface area contributed by atoms with Crippen molar-refractivity contribution in [3.63, 3.8) is 0 Å². The van der Waals surface area contributed by atoms with Gasteiger partial charge >= 0.3 is 5.97 Å². The topological polar surface area (TPSA) is 150 Å². The highest BCUT2D eigenvalue weighted by atomic mass is 16.4. The SMILES string of the molecule is CC(C)C[C@H](N)C(=O)N[C@@H](Cc1ccccc1)C(=O)N(C)[C@H](CCN1C(=O)c2cc3ccccc3cc2C1=O)C(=O)O. The van der Waals surface area contributed by atoms with Crippen LogP contribution >= 0.6 is 0 Å². The monoisotopic (exact) mass is 572 g/mol. The second kappa shape index (κ2) is 12.9. The summed E-state index contributed by atoms with van der Waals surface area (Å²) in [6.45, 7) is 3.66. The minimum atomic E-state index is -1.36. The number of carbonyl (C=O) groups excluding carboxylic acids is 4. The van der Waals surface area contributed by atoms with Crippen molar-refractivity contribution >= 4 is 40.4 Å². The molecule has 1 heterocycles. The summed E-state index contributed by atoms with van der Waals surface area (Å²) in [5.41, 5.74) is 7.35. The van der Waals surface area contributed by atoms with E-state index in [-0.39, 0.29) is 36.4 Å². The summed E-state index contributed by atoms with van der Waals surface area (Å²) in [4.78, 5) is 67.2. The van der Waals surface area contributed by atoms with Crippen molar-refractivity contribution in [2.75, 3.05) is 13.6 Å². The smallest absolute Gasteiger partial charge is 0.326 e. The van der Waals surface area contributed by atoms with Gasteiger partial charge in [-0.1, -0.05) is 68.4 Å². The fraction of sp³-hybridized carbons (Fsp3) is 0.344. The minimum absolute atomic E-state index is 0.127. The van der Waals surface area contributed by atoms with Gasteiger partial charge < -0.3 is 21.1 Å². The maximum absolute atomic E-state index is 13.7. The Labute approximate surface area is 244 Å². The van der Waals surface area contributed by atoms with Crippen LogP contribution in [0.1, 0.15) is 53.0 Å². The molecule has 4 amide bonds. The number of likely N-dealkylation sites (N-methyl/N-ethyl adjacent to an activating group) is 1. The molecule has 0 aliphatic carbocycles. The minimum Gasteiger partial charge on any atom is -0.480 e. The van der Waals surface area contributed by atoms with Crippen LogP contribution in [0, 0.1) is 5.92 Å². The summed E-state index contributed by atoms with van der Waals surface area (Å²) in [7, 11) is 1.34. The third-order valence-corrected chi connectivity index (χ3v) is 7.52. The largest absolute Gasteiger partial charge is 0.480 e. The van der Waals surface area contributed by atoms with Gasteiger partial charge in [0.1, 0.15) is 12.1 Å². The zero-order chi connectivity index (χ0) is 30.6. The second-order valence-corrected chi connectivity index (χ2v) is 11.1. The first-order chi connectivity index (χ1) is 20.0. The Balaban J connectivity index is 1.51. The number of amides is 4. The van der Waals surface area contributed by atoms with Crippen molar-refractivity contribution in [1.82, 2.24) is 15.1 Å². The van der Waals surface area contributed by atoms with Crippen LogP contribution in [0.25, 0.3) is 10.8 Å². The molecule has 1 aliphatic rings. The molecule has 0 spiro atoms. The molecule has 1 aliphatic heterocycles. The molecule has 3 aromatic rings. The highest BCUT2D eigenvalue weighted by Gasteiger charge is 2.38. The van der Waals surface area contributed by atoms with Gasteiger partial charge in [-0.3, -0.25) is 24.1 Å². The van der Waals surface area contributed by atoms with E-state index in [0.717, 1.165) is 26.1 Å². The Bertz CT molecular complexity index is 1450. The number of nitrogens with two attached hydrogens (primary N) is 1. The molecule has 0 radical (unpaired) electrons. The first kappa shape index (κ1) is 30.4. The van der Waals surface area contributed by atoms with Crippen LogP contribution in [0.3, 0.4) is 0 Å². The molecule has 0 bridgehead atoms. The van der Waals surface area contributed by atoms with Crippen molar-refractivity contribution in [2.45, 2.75) is 51.2 Å². The third kappa shape index (κ3) is 6.66. The van der Waals surface area contributed by atoms with Gasteiger partial charge in [-0.05, 0) is 47.2 Å². The molecule has 0 fully saturated rings. The van der Waals surface area contributed by atoms with Crippen LogP contribution in [-0.2, 0) is 20.8 Å². The first-order valence-electron chi connectivity index (χ1n) is 14.0. The highest BCUT2D eigenvalue weighted by Crippen LogP contribution is 2.28. The lowest BCUT2D eigenvalue weighted by atomic mass is 10.0. The van der Waals surface area contributed by atoms with E-state index in [1.165, 1.54) is 7.05 Å². The van der Waals surface area contributed by atoms with E-state index in [1.807, 2.05) is 44.2 Å². The molecular formula is C32H36N4O6. The van der Waals surface area contributed by atoms with Gasteiger partial charge in [-0.25, -0.2) is 4.79 Å². The van der Waals surface area contributed by atoms with E-state index in [2.05, 4.69) is 5.32 Å². The molecule has 10 heteroatoms. The van der Waals surface area contributed by atoms with E-state index in [1.54, 1.807) is 36.4 Å². The van der Waals surface area contributed by atoms with Gasteiger partial charge in [0, 0.05) is 20.0 Å². The maximum Gasteiger partial charge on any atom is 0.326 e. The Morgan fingerprint density at radius 1 is 0.929 bits per heavy atom. The molecule has 0 saturated carbocycles. The summed E-state index contributed by atoms with van der Waals surface area (Å²) in [5.74, 6) is -3.27.